The number of aryl methyl sites for hydroxylation is 1. The topological polar surface area (TPSA) is 96.4 Å². The van der Waals surface area contributed by atoms with Gasteiger partial charge in [0.1, 0.15) is 0 Å². The van der Waals surface area contributed by atoms with Crippen LogP contribution in [0.5, 0.6) is 0 Å². The maximum Gasteiger partial charge on any atom is 0.336 e. The third-order valence-corrected chi connectivity index (χ3v) is 5.84. The van der Waals surface area contributed by atoms with Crippen LogP contribution in [0.4, 0.5) is 0 Å². The molecular formula is C12H11IN2O4S2. The minimum Gasteiger partial charge on any atom is -0.478 e. The third-order valence-electron chi connectivity index (χ3n) is 2.58. The summed E-state index contributed by atoms with van der Waals surface area (Å²) in [5.74, 6) is -1.16. The van der Waals surface area contributed by atoms with Crippen molar-refractivity contribution in [2.45, 2.75) is 18.4 Å². The first-order valence-corrected chi connectivity index (χ1v) is 9.11. The highest BCUT2D eigenvalue weighted by atomic mass is 127. The number of hydrogen-bond acceptors (Lipinski definition) is 5. The maximum absolute atomic E-state index is 12.2. The molecule has 9 heteroatoms. The van der Waals surface area contributed by atoms with E-state index < -0.39 is 16.0 Å². The molecule has 0 unspecified atom stereocenters. The Kier molecular flexibility index (Phi) is 4.96. The van der Waals surface area contributed by atoms with Gasteiger partial charge in [0.15, 0.2) is 0 Å². The van der Waals surface area contributed by atoms with Crippen molar-refractivity contribution in [3.63, 3.8) is 0 Å². The van der Waals surface area contributed by atoms with Crippen molar-refractivity contribution >= 4 is 49.9 Å². The Bertz CT molecular complexity index is 786. The Hall–Kier alpha value is -1.04. The average Bonchev–Trinajstić information content (AvgIpc) is 2.82. The maximum atomic E-state index is 12.2. The lowest BCUT2D eigenvalue weighted by atomic mass is 10.2. The molecule has 0 saturated carbocycles. The summed E-state index contributed by atoms with van der Waals surface area (Å²) in [6.45, 7) is 1.96. The fourth-order valence-corrected chi connectivity index (χ4v) is 4.00. The highest BCUT2D eigenvalue weighted by Crippen LogP contribution is 2.19. The van der Waals surface area contributed by atoms with Gasteiger partial charge in [-0.3, -0.25) is 0 Å². The first kappa shape index (κ1) is 16.3. The van der Waals surface area contributed by atoms with Crippen LogP contribution in [0.1, 0.15) is 20.2 Å². The van der Waals surface area contributed by atoms with Crippen LogP contribution in [0.3, 0.4) is 0 Å². The fraction of sp³-hybridized carbons (Fsp3) is 0.167. The van der Waals surface area contributed by atoms with E-state index in [0.717, 1.165) is 16.0 Å². The standard InChI is InChI=1S/C12H11IN2O4S2/c1-7-14-5-8(20-7)6-15-21(18,19)9-2-3-11(13)10(4-9)12(16)17/h2-5,15H,6H2,1H3,(H,16,17). The van der Waals surface area contributed by atoms with E-state index in [1.807, 2.05) is 29.5 Å². The minimum absolute atomic E-state index is 0.0351. The van der Waals surface area contributed by atoms with Gasteiger partial charge in [0.05, 0.1) is 15.5 Å². The molecule has 0 aliphatic heterocycles. The predicted octanol–water partition coefficient (Wildman–Crippen LogP) is 2.23. The summed E-state index contributed by atoms with van der Waals surface area (Å²) in [6, 6.07) is 4.01. The number of rotatable bonds is 5. The van der Waals surface area contributed by atoms with Gasteiger partial charge in [0, 0.05) is 21.2 Å². The first-order valence-electron chi connectivity index (χ1n) is 5.73. The molecule has 1 aromatic heterocycles. The molecule has 2 rings (SSSR count). The van der Waals surface area contributed by atoms with Crippen molar-refractivity contribution < 1.29 is 18.3 Å². The summed E-state index contributed by atoms with van der Waals surface area (Å²) in [7, 11) is -3.76. The molecule has 1 heterocycles. The van der Waals surface area contributed by atoms with E-state index in [4.69, 9.17) is 5.11 Å². The number of carbonyl (C=O) groups is 1. The molecule has 1 aromatic carbocycles. The summed E-state index contributed by atoms with van der Waals surface area (Å²) in [5.41, 5.74) is -0.0351. The Morgan fingerprint density at radius 1 is 1.48 bits per heavy atom. The van der Waals surface area contributed by atoms with Crippen LogP contribution in [0.15, 0.2) is 29.3 Å². The Morgan fingerprint density at radius 2 is 2.19 bits per heavy atom. The summed E-state index contributed by atoms with van der Waals surface area (Å²) in [5, 5.41) is 9.89. The van der Waals surface area contributed by atoms with Gasteiger partial charge in [-0.05, 0) is 47.7 Å². The second kappa shape index (κ2) is 6.38. The second-order valence-electron chi connectivity index (χ2n) is 4.12. The van der Waals surface area contributed by atoms with Crippen molar-refractivity contribution in [3.05, 3.63) is 43.4 Å². The number of nitrogens with one attached hydrogen (secondary N) is 1. The van der Waals surface area contributed by atoms with E-state index in [0.29, 0.717) is 3.57 Å². The first-order chi connectivity index (χ1) is 9.79. The fourth-order valence-electron chi connectivity index (χ4n) is 1.57. The molecule has 0 spiro atoms. The molecular weight excluding hydrogens is 427 g/mol. The number of carboxylic acid groups (broad SMARTS) is 1. The number of benzene rings is 1. The smallest absolute Gasteiger partial charge is 0.336 e. The van der Waals surface area contributed by atoms with Crippen molar-refractivity contribution in [2.24, 2.45) is 0 Å². The summed E-state index contributed by atoms with van der Waals surface area (Å²) < 4.78 is 27.3. The van der Waals surface area contributed by atoms with E-state index >= 15 is 0 Å². The molecule has 0 amide bonds. The molecule has 21 heavy (non-hydrogen) atoms. The van der Waals surface area contributed by atoms with Gasteiger partial charge in [-0.25, -0.2) is 22.9 Å². The quantitative estimate of drug-likeness (QED) is 0.699. The Morgan fingerprint density at radius 3 is 2.76 bits per heavy atom. The van der Waals surface area contributed by atoms with Gasteiger partial charge in [-0.2, -0.15) is 0 Å². The number of hydrogen-bond donors (Lipinski definition) is 2. The number of aromatic nitrogens is 1. The van der Waals surface area contributed by atoms with Crippen LogP contribution in [-0.4, -0.2) is 24.5 Å². The molecule has 0 bridgehead atoms. The molecule has 0 atom stereocenters. The van der Waals surface area contributed by atoms with Crippen molar-refractivity contribution in [2.75, 3.05) is 0 Å². The third kappa shape index (κ3) is 3.99. The van der Waals surface area contributed by atoms with Crippen LogP contribution in [0, 0.1) is 10.5 Å². The molecule has 0 saturated heterocycles. The average molecular weight is 438 g/mol. The molecule has 2 aromatic rings. The van der Waals surface area contributed by atoms with Crippen molar-refractivity contribution in [1.82, 2.24) is 9.71 Å². The zero-order chi connectivity index (χ0) is 15.6. The van der Waals surface area contributed by atoms with Crippen LogP contribution in [0.2, 0.25) is 0 Å². The Labute approximate surface area is 139 Å². The molecule has 0 aliphatic carbocycles. The zero-order valence-electron chi connectivity index (χ0n) is 10.8. The normalized spacial score (nSPS) is 11.5. The number of carboxylic acids is 1. The van der Waals surface area contributed by atoms with Crippen molar-refractivity contribution in [1.29, 1.82) is 0 Å². The monoisotopic (exact) mass is 438 g/mol. The highest BCUT2D eigenvalue weighted by Gasteiger charge is 2.18. The van der Waals surface area contributed by atoms with E-state index in [-0.39, 0.29) is 17.0 Å². The minimum atomic E-state index is -3.76. The van der Waals surface area contributed by atoms with Gasteiger partial charge < -0.3 is 5.11 Å². The zero-order valence-corrected chi connectivity index (χ0v) is 14.6. The molecule has 6 nitrogen and oxygen atoms in total. The van der Waals surface area contributed by atoms with E-state index in [9.17, 15) is 13.2 Å². The number of thiazole rings is 1. The molecule has 0 aliphatic rings. The van der Waals surface area contributed by atoms with Gasteiger partial charge in [0.2, 0.25) is 10.0 Å². The molecule has 112 valence electrons. The summed E-state index contributed by atoms with van der Waals surface area (Å²) in [6.07, 6.45) is 1.61. The lowest BCUT2D eigenvalue weighted by Crippen LogP contribution is -2.23. The Balaban J connectivity index is 2.23. The number of nitrogens with zero attached hydrogens (tertiary/aromatic N) is 1. The second-order valence-corrected chi connectivity index (χ2v) is 8.37. The van der Waals surface area contributed by atoms with Gasteiger partial charge in [0.25, 0.3) is 0 Å². The molecule has 0 fully saturated rings. The van der Waals surface area contributed by atoms with E-state index in [2.05, 4.69) is 9.71 Å². The van der Waals surface area contributed by atoms with Gasteiger partial charge in [-0.1, -0.05) is 0 Å². The number of halogens is 1. The predicted molar refractivity (Wildman–Crippen MR) is 87.0 cm³/mol. The molecule has 0 radical (unpaired) electrons. The lowest BCUT2D eigenvalue weighted by molar-refractivity contribution is 0.0695. The van der Waals surface area contributed by atoms with Gasteiger partial charge >= 0.3 is 5.97 Å². The van der Waals surface area contributed by atoms with E-state index in [1.54, 1.807) is 6.20 Å². The van der Waals surface area contributed by atoms with Crippen LogP contribution in [-0.2, 0) is 16.6 Å². The number of sulfonamides is 1. The molecule has 2 N–H and O–H groups in total. The van der Waals surface area contributed by atoms with Gasteiger partial charge in [-0.15, -0.1) is 11.3 Å². The SMILES string of the molecule is Cc1ncc(CNS(=O)(=O)c2ccc(I)c(C(=O)O)c2)s1. The van der Waals surface area contributed by atoms with Crippen molar-refractivity contribution in [3.8, 4) is 0 Å². The summed E-state index contributed by atoms with van der Waals surface area (Å²) >= 11 is 3.25. The van der Waals surface area contributed by atoms with E-state index in [1.165, 1.54) is 23.5 Å². The van der Waals surface area contributed by atoms with Crippen LogP contribution in [0.25, 0.3) is 0 Å². The highest BCUT2D eigenvalue weighted by molar-refractivity contribution is 14.1. The number of aromatic carboxylic acids is 1. The van der Waals surface area contributed by atoms with Crippen LogP contribution < -0.4 is 4.72 Å². The largest absolute Gasteiger partial charge is 0.478 e. The van der Waals surface area contributed by atoms with Crippen LogP contribution >= 0.6 is 33.9 Å². The lowest BCUT2D eigenvalue weighted by Gasteiger charge is -2.07. The summed E-state index contributed by atoms with van der Waals surface area (Å²) in [4.78, 5) is 15.8.